The van der Waals surface area contributed by atoms with E-state index in [0.717, 1.165) is 5.56 Å². The molecule has 0 spiro atoms. The average molecular weight is 349 g/mol. The fraction of sp³-hybridized carbons (Fsp3) is 0.438. The second kappa shape index (κ2) is 6.72. The van der Waals surface area contributed by atoms with E-state index < -0.39 is 9.84 Å². The van der Waals surface area contributed by atoms with Gasteiger partial charge in [0.05, 0.1) is 18.1 Å². The van der Waals surface area contributed by atoms with Gasteiger partial charge < -0.3 is 5.32 Å². The normalized spacial score (nSPS) is 23.0. The van der Waals surface area contributed by atoms with Gasteiger partial charge in [-0.1, -0.05) is 30.3 Å². The molecule has 2 heterocycles. The Hall–Kier alpha value is -2.22. The van der Waals surface area contributed by atoms with Crippen LogP contribution >= 0.6 is 0 Å². The second-order valence-electron chi connectivity index (χ2n) is 6.06. The van der Waals surface area contributed by atoms with E-state index >= 15 is 0 Å². The van der Waals surface area contributed by atoms with Crippen LogP contribution in [0.15, 0.2) is 35.4 Å². The predicted molar refractivity (Wildman–Crippen MR) is 88.9 cm³/mol. The summed E-state index contributed by atoms with van der Waals surface area (Å²) in [4.78, 5) is 24.3. The molecule has 2 amide bonds. The number of hydrogen-bond acceptors (Lipinski definition) is 5. The Morgan fingerprint density at radius 3 is 2.67 bits per heavy atom. The number of nitrogens with one attached hydrogen (secondary N) is 1. The minimum atomic E-state index is -3.05. The zero-order chi connectivity index (χ0) is 17.2. The van der Waals surface area contributed by atoms with E-state index in [1.165, 1.54) is 5.01 Å². The number of carbonyl (C=O) groups excluding carboxylic acids is 2. The first-order valence-electron chi connectivity index (χ1n) is 7.86. The molecule has 2 aliphatic rings. The fourth-order valence-electron chi connectivity index (χ4n) is 2.82. The molecule has 1 aromatic rings. The Bertz CT molecular complexity index is 774. The molecule has 7 nitrogen and oxygen atoms in total. The minimum absolute atomic E-state index is 0.0291. The van der Waals surface area contributed by atoms with Crippen molar-refractivity contribution in [2.24, 2.45) is 5.10 Å². The zero-order valence-corrected chi connectivity index (χ0v) is 14.0. The van der Waals surface area contributed by atoms with Crippen LogP contribution in [0.5, 0.6) is 0 Å². The summed E-state index contributed by atoms with van der Waals surface area (Å²) in [7, 11) is -3.05. The van der Waals surface area contributed by atoms with E-state index in [1.807, 2.05) is 30.3 Å². The van der Waals surface area contributed by atoms with Gasteiger partial charge in [0.2, 0.25) is 5.91 Å². The minimum Gasteiger partial charge on any atom is -0.347 e. The van der Waals surface area contributed by atoms with Crippen molar-refractivity contribution in [3.05, 3.63) is 35.9 Å². The molecule has 2 aliphatic heterocycles. The summed E-state index contributed by atoms with van der Waals surface area (Å²) in [5.74, 6) is -0.441. The molecule has 1 N–H and O–H groups in total. The van der Waals surface area contributed by atoms with Crippen molar-refractivity contribution in [3.63, 3.8) is 0 Å². The van der Waals surface area contributed by atoms with Crippen molar-refractivity contribution in [2.45, 2.75) is 31.8 Å². The van der Waals surface area contributed by atoms with Crippen LogP contribution in [-0.4, -0.2) is 48.5 Å². The highest BCUT2D eigenvalue weighted by Gasteiger charge is 2.31. The third-order valence-electron chi connectivity index (χ3n) is 4.11. The molecule has 0 saturated carbocycles. The van der Waals surface area contributed by atoms with Crippen LogP contribution in [0.1, 0.15) is 24.8 Å². The highest BCUT2D eigenvalue weighted by Crippen LogP contribution is 2.15. The van der Waals surface area contributed by atoms with E-state index in [0.29, 0.717) is 13.0 Å². The Morgan fingerprint density at radius 2 is 2.00 bits per heavy atom. The van der Waals surface area contributed by atoms with Crippen molar-refractivity contribution < 1.29 is 18.0 Å². The predicted octanol–water partition coefficient (Wildman–Crippen LogP) is 0.468. The summed E-state index contributed by atoms with van der Waals surface area (Å²) in [6.45, 7) is 0.314. The van der Waals surface area contributed by atoms with E-state index in [-0.39, 0.29) is 47.9 Å². The standard InChI is InChI=1S/C16H19N3O4S/c20-15-7-6-14(16(21)17-13-8-9-24(22,23)11-13)18-19(15)10-12-4-2-1-3-5-12/h1-5,13H,6-11H2,(H,17,21). The van der Waals surface area contributed by atoms with Crippen LogP contribution in [0.2, 0.25) is 0 Å². The lowest BCUT2D eigenvalue weighted by molar-refractivity contribution is -0.132. The molecular formula is C16H19N3O4S. The molecule has 0 radical (unpaired) electrons. The van der Waals surface area contributed by atoms with Crippen LogP contribution in [-0.2, 0) is 26.0 Å². The maximum absolute atomic E-state index is 12.3. The third-order valence-corrected chi connectivity index (χ3v) is 5.88. The molecule has 24 heavy (non-hydrogen) atoms. The highest BCUT2D eigenvalue weighted by atomic mass is 32.2. The Labute approximate surface area is 140 Å². The van der Waals surface area contributed by atoms with Gasteiger partial charge in [-0.05, 0) is 12.0 Å². The summed E-state index contributed by atoms with van der Waals surface area (Å²) in [5, 5.41) is 8.20. The summed E-state index contributed by atoms with van der Waals surface area (Å²) < 4.78 is 22.9. The van der Waals surface area contributed by atoms with Crippen LogP contribution < -0.4 is 5.32 Å². The number of rotatable bonds is 4. The van der Waals surface area contributed by atoms with Crippen LogP contribution in [0.25, 0.3) is 0 Å². The molecule has 1 fully saturated rings. The van der Waals surface area contributed by atoms with Gasteiger partial charge in [-0.25, -0.2) is 13.4 Å². The van der Waals surface area contributed by atoms with Crippen molar-refractivity contribution in [1.82, 2.24) is 10.3 Å². The quantitative estimate of drug-likeness (QED) is 0.854. The van der Waals surface area contributed by atoms with Gasteiger partial charge in [0.15, 0.2) is 9.84 Å². The number of hydrogen-bond donors (Lipinski definition) is 1. The maximum atomic E-state index is 12.3. The summed E-state index contributed by atoms with van der Waals surface area (Å²) in [6, 6.07) is 9.05. The van der Waals surface area contributed by atoms with Gasteiger partial charge >= 0.3 is 0 Å². The van der Waals surface area contributed by atoms with Crippen molar-refractivity contribution in [2.75, 3.05) is 11.5 Å². The van der Waals surface area contributed by atoms with Crippen LogP contribution in [0, 0.1) is 0 Å². The molecule has 1 unspecified atom stereocenters. The number of amides is 2. The average Bonchev–Trinajstić information content (AvgIpc) is 2.89. The Kier molecular flexibility index (Phi) is 4.66. The van der Waals surface area contributed by atoms with E-state index in [1.54, 1.807) is 0 Å². The molecule has 8 heteroatoms. The monoisotopic (exact) mass is 349 g/mol. The van der Waals surface area contributed by atoms with E-state index in [4.69, 9.17) is 0 Å². The number of carbonyl (C=O) groups is 2. The van der Waals surface area contributed by atoms with Gasteiger partial charge in [-0.3, -0.25) is 9.59 Å². The second-order valence-corrected chi connectivity index (χ2v) is 8.29. The largest absolute Gasteiger partial charge is 0.347 e. The maximum Gasteiger partial charge on any atom is 0.267 e. The van der Waals surface area contributed by atoms with E-state index in [2.05, 4.69) is 10.4 Å². The Morgan fingerprint density at radius 1 is 1.25 bits per heavy atom. The third kappa shape index (κ3) is 4.00. The molecule has 1 aromatic carbocycles. The van der Waals surface area contributed by atoms with Crippen molar-refractivity contribution in [3.8, 4) is 0 Å². The van der Waals surface area contributed by atoms with Gasteiger partial charge in [-0.2, -0.15) is 5.10 Å². The lowest BCUT2D eigenvalue weighted by Gasteiger charge is -2.23. The van der Waals surface area contributed by atoms with Gasteiger partial charge in [0.25, 0.3) is 5.91 Å². The molecule has 128 valence electrons. The lowest BCUT2D eigenvalue weighted by Crippen LogP contribution is -2.43. The summed E-state index contributed by atoms with van der Waals surface area (Å²) in [6.07, 6.45) is 0.922. The number of hydrazone groups is 1. The first kappa shape index (κ1) is 16.6. The topological polar surface area (TPSA) is 95.9 Å². The van der Waals surface area contributed by atoms with Gasteiger partial charge in [-0.15, -0.1) is 0 Å². The van der Waals surface area contributed by atoms with Crippen LogP contribution in [0.4, 0.5) is 0 Å². The highest BCUT2D eigenvalue weighted by molar-refractivity contribution is 7.91. The zero-order valence-electron chi connectivity index (χ0n) is 13.1. The van der Waals surface area contributed by atoms with E-state index in [9.17, 15) is 18.0 Å². The molecule has 1 atom stereocenters. The molecule has 0 aliphatic carbocycles. The molecular weight excluding hydrogens is 330 g/mol. The number of benzene rings is 1. The molecule has 0 bridgehead atoms. The fourth-order valence-corrected chi connectivity index (χ4v) is 4.50. The Balaban J connectivity index is 1.67. The first-order valence-corrected chi connectivity index (χ1v) is 9.68. The first-order chi connectivity index (χ1) is 11.4. The SMILES string of the molecule is O=C(NC1CCS(=O)(=O)C1)C1=NN(Cc2ccccc2)C(=O)CC1. The van der Waals surface area contributed by atoms with Gasteiger partial charge in [0.1, 0.15) is 5.71 Å². The molecule has 0 aromatic heterocycles. The smallest absolute Gasteiger partial charge is 0.267 e. The summed E-state index contributed by atoms with van der Waals surface area (Å²) in [5.41, 5.74) is 1.20. The van der Waals surface area contributed by atoms with Gasteiger partial charge in [0, 0.05) is 18.9 Å². The lowest BCUT2D eigenvalue weighted by atomic mass is 10.1. The van der Waals surface area contributed by atoms with Crippen LogP contribution in [0.3, 0.4) is 0 Å². The molecule has 3 rings (SSSR count). The molecule has 1 saturated heterocycles. The summed E-state index contributed by atoms with van der Waals surface area (Å²) >= 11 is 0. The number of sulfone groups is 1. The van der Waals surface area contributed by atoms with Crippen molar-refractivity contribution in [1.29, 1.82) is 0 Å². The van der Waals surface area contributed by atoms with Crippen molar-refractivity contribution >= 4 is 27.4 Å². The number of nitrogens with zero attached hydrogens (tertiary/aromatic N) is 2.